The highest BCUT2D eigenvalue weighted by atomic mass is 16.5. The highest BCUT2D eigenvalue weighted by molar-refractivity contribution is 5.89. The number of para-hydroxylation sites is 1. The van der Waals surface area contributed by atoms with Crippen LogP contribution in [0.5, 0.6) is 5.75 Å². The fourth-order valence-electron chi connectivity index (χ4n) is 3.43. The summed E-state index contributed by atoms with van der Waals surface area (Å²) in [6.07, 6.45) is 0. The average molecular weight is 345 g/mol. The van der Waals surface area contributed by atoms with Crippen LogP contribution < -0.4 is 4.74 Å². The van der Waals surface area contributed by atoms with Gasteiger partial charge in [0, 0.05) is 11.5 Å². The van der Waals surface area contributed by atoms with Gasteiger partial charge < -0.3 is 9.84 Å². The third kappa shape index (κ3) is 2.78. The minimum atomic E-state index is -1.65. The van der Waals surface area contributed by atoms with E-state index < -0.39 is 17.3 Å². The summed E-state index contributed by atoms with van der Waals surface area (Å²) < 4.78 is 5.48. The molecule has 130 valence electrons. The summed E-state index contributed by atoms with van der Waals surface area (Å²) in [6, 6.07) is 22.8. The van der Waals surface area contributed by atoms with Crippen LogP contribution in [0, 0.1) is 16.7 Å². The number of hydrogen-bond donors (Lipinski definition) is 1. The predicted octanol–water partition coefficient (Wildman–Crippen LogP) is 4.59. The molecule has 26 heavy (non-hydrogen) atoms. The SMILES string of the molecule is COc1ccccc1[C@H](c1cccc2ccccc12)[C@](C)(C#N)C(=O)O. The van der Waals surface area contributed by atoms with Crippen molar-refractivity contribution in [2.24, 2.45) is 5.41 Å². The summed E-state index contributed by atoms with van der Waals surface area (Å²) in [6.45, 7) is 1.47. The van der Waals surface area contributed by atoms with Gasteiger partial charge in [0.15, 0.2) is 5.41 Å². The van der Waals surface area contributed by atoms with Gasteiger partial charge in [0.05, 0.1) is 13.2 Å². The Hall–Kier alpha value is -3.32. The molecule has 0 unspecified atom stereocenters. The lowest BCUT2D eigenvalue weighted by Crippen LogP contribution is -2.34. The Balaban J connectivity index is 2.38. The van der Waals surface area contributed by atoms with Crippen molar-refractivity contribution in [3.63, 3.8) is 0 Å². The topological polar surface area (TPSA) is 70.3 Å². The maximum absolute atomic E-state index is 12.1. The van der Waals surface area contributed by atoms with Gasteiger partial charge in [-0.2, -0.15) is 5.26 Å². The first-order chi connectivity index (χ1) is 12.5. The first kappa shape index (κ1) is 17.5. The number of fused-ring (bicyclic) bond motifs is 1. The van der Waals surface area contributed by atoms with Crippen LogP contribution in [0.3, 0.4) is 0 Å². The third-order valence-electron chi connectivity index (χ3n) is 4.84. The van der Waals surface area contributed by atoms with Crippen LogP contribution in [0.2, 0.25) is 0 Å². The van der Waals surface area contributed by atoms with E-state index in [1.54, 1.807) is 13.2 Å². The highest BCUT2D eigenvalue weighted by Gasteiger charge is 2.45. The lowest BCUT2D eigenvalue weighted by atomic mass is 9.69. The molecule has 0 saturated carbocycles. The Kier molecular flexibility index (Phi) is 4.64. The van der Waals surface area contributed by atoms with Gasteiger partial charge in [-0.05, 0) is 29.3 Å². The molecule has 3 aromatic rings. The molecule has 0 aromatic heterocycles. The minimum absolute atomic E-state index is 0.563. The van der Waals surface area contributed by atoms with E-state index in [2.05, 4.69) is 0 Å². The highest BCUT2D eigenvalue weighted by Crippen LogP contribution is 2.46. The van der Waals surface area contributed by atoms with Crippen molar-refractivity contribution in [3.8, 4) is 11.8 Å². The summed E-state index contributed by atoms with van der Waals surface area (Å²) in [5.41, 5.74) is -0.185. The third-order valence-corrected chi connectivity index (χ3v) is 4.84. The summed E-state index contributed by atoms with van der Waals surface area (Å²) in [5, 5.41) is 21.6. The summed E-state index contributed by atoms with van der Waals surface area (Å²) in [5.74, 6) is -1.29. The first-order valence-electron chi connectivity index (χ1n) is 8.28. The monoisotopic (exact) mass is 345 g/mol. The summed E-state index contributed by atoms with van der Waals surface area (Å²) >= 11 is 0. The number of rotatable bonds is 5. The van der Waals surface area contributed by atoms with Gasteiger partial charge in [-0.1, -0.05) is 60.7 Å². The van der Waals surface area contributed by atoms with Crippen molar-refractivity contribution in [2.75, 3.05) is 7.11 Å². The fraction of sp³-hybridized carbons (Fsp3) is 0.182. The van der Waals surface area contributed by atoms with Gasteiger partial charge in [0.2, 0.25) is 0 Å². The first-order valence-corrected chi connectivity index (χ1v) is 8.28. The van der Waals surface area contributed by atoms with Crippen molar-refractivity contribution in [1.82, 2.24) is 0 Å². The van der Waals surface area contributed by atoms with Gasteiger partial charge in [0.25, 0.3) is 0 Å². The second kappa shape index (κ2) is 6.89. The van der Waals surface area contributed by atoms with Crippen LogP contribution in [-0.2, 0) is 4.79 Å². The molecule has 2 atom stereocenters. The van der Waals surface area contributed by atoms with E-state index in [1.165, 1.54) is 6.92 Å². The number of hydrogen-bond acceptors (Lipinski definition) is 3. The molecule has 1 N–H and O–H groups in total. The maximum Gasteiger partial charge on any atom is 0.324 e. The van der Waals surface area contributed by atoms with E-state index in [9.17, 15) is 15.2 Å². The molecular formula is C22H19NO3. The van der Waals surface area contributed by atoms with Gasteiger partial charge in [-0.3, -0.25) is 4.79 Å². The molecule has 0 bridgehead atoms. The number of ether oxygens (including phenoxy) is 1. The van der Waals surface area contributed by atoms with Gasteiger partial charge in [-0.15, -0.1) is 0 Å². The number of carboxylic acid groups (broad SMARTS) is 1. The molecule has 0 aliphatic rings. The Labute approximate surface area is 152 Å². The van der Waals surface area contributed by atoms with Crippen molar-refractivity contribution in [2.45, 2.75) is 12.8 Å². The van der Waals surface area contributed by atoms with Crippen molar-refractivity contribution in [3.05, 3.63) is 77.9 Å². The number of carboxylic acids is 1. The standard InChI is InChI=1S/C22H19NO3/c1-22(14-23,21(24)25)20(18-11-5-6-13-19(18)26-2)17-12-7-9-15-8-3-4-10-16(15)17/h3-13,20H,1-2H3,(H,24,25)/t20-,22-/m0/s1. The van der Waals surface area contributed by atoms with Crippen LogP contribution in [0.4, 0.5) is 0 Å². The summed E-state index contributed by atoms with van der Waals surface area (Å²) in [4.78, 5) is 12.1. The zero-order valence-electron chi connectivity index (χ0n) is 14.6. The largest absolute Gasteiger partial charge is 0.496 e. The van der Waals surface area contributed by atoms with Crippen molar-refractivity contribution in [1.29, 1.82) is 5.26 Å². The van der Waals surface area contributed by atoms with E-state index in [4.69, 9.17) is 4.74 Å². The molecule has 4 heteroatoms. The van der Waals surface area contributed by atoms with Crippen LogP contribution in [0.15, 0.2) is 66.7 Å². The van der Waals surface area contributed by atoms with E-state index in [1.807, 2.05) is 66.7 Å². The van der Waals surface area contributed by atoms with Crippen molar-refractivity contribution >= 4 is 16.7 Å². The molecule has 0 heterocycles. The van der Waals surface area contributed by atoms with Crippen LogP contribution in [-0.4, -0.2) is 18.2 Å². The van der Waals surface area contributed by atoms with Crippen molar-refractivity contribution < 1.29 is 14.6 Å². The zero-order valence-corrected chi connectivity index (χ0v) is 14.6. The molecule has 4 nitrogen and oxygen atoms in total. The molecule has 0 spiro atoms. The number of aliphatic carboxylic acids is 1. The number of methoxy groups -OCH3 is 1. The zero-order chi connectivity index (χ0) is 18.7. The second-order valence-electron chi connectivity index (χ2n) is 6.36. The quantitative estimate of drug-likeness (QED) is 0.734. The molecule has 3 rings (SSSR count). The molecule has 0 fully saturated rings. The maximum atomic E-state index is 12.1. The Bertz CT molecular complexity index is 1000. The fourth-order valence-corrected chi connectivity index (χ4v) is 3.43. The number of carbonyl (C=O) groups is 1. The lowest BCUT2D eigenvalue weighted by molar-refractivity contribution is -0.145. The van der Waals surface area contributed by atoms with E-state index in [-0.39, 0.29) is 0 Å². The van der Waals surface area contributed by atoms with E-state index in [0.717, 1.165) is 16.3 Å². The predicted molar refractivity (Wildman–Crippen MR) is 100 cm³/mol. The normalized spacial score (nSPS) is 14.2. The molecule has 0 radical (unpaired) electrons. The van der Waals surface area contributed by atoms with E-state index in [0.29, 0.717) is 11.3 Å². The molecule has 0 amide bonds. The van der Waals surface area contributed by atoms with Crippen LogP contribution >= 0.6 is 0 Å². The molecule has 3 aromatic carbocycles. The Morgan fingerprint density at radius 1 is 1.04 bits per heavy atom. The Morgan fingerprint density at radius 3 is 2.35 bits per heavy atom. The molecule has 0 aliphatic carbocycles. The number of nitrogens with zero attached hydrogens (tertiary/aromatic N) is 1. The number of benzene rings is 3. The van der Waals surface area contributed by atoms with Gasteiger partial charge in [-0.25, -0.2) is 0 Å². The smallest absolute Gasteiger partial charge is 0.324 e. The Morgan fingerprint density at radius 2 is 1.65 bits per heavy atom. The average Bonchev–Trinajstić information content (AvgIpc) is 2.68. The summed E-state index contributed by atoms with van der Waals surface area (Å²) in [7, 11) is 1.55. The number of nitriles is 1. The minimum Gasteiger partial charge on any atom is -0.496 e. The molecule has 0 saturated heterocycles. The lowest BCUT2D eigenvalue weighted by Gasteiger charge is -2.30. The molecular weight excluding hydrogens is 326 g/mol. The van der Waals surface area contributed by atoms with Gasteiger partial charge in [0.1, 0.15) is 5.75 Å². The van der Waals surface area contributed by atoms with E-state index >= 15 is 0 Å². The van der Waals surface area contributed by atoms with Crippen LogP contribution in [0.1, 0.15) is 24.0 Å². The van der Waals surface area contributed by atoms with Crippen LogP contribution in [0.25, 0.3) is 10.8 Å². The molecule has 0 aliphatic heterocycles. The van der Waals surface area contributed by atoms with Gasteiger partial charge >= 0.3 is 5.97 Å². The second-order valence-corrected chi connectivity index (χ2v) is 6.36.